The smallest absolute Gasteiger partial charge is 0.226 e. The fourth-order valence-electron chi connectivity index (χ4n) is 1.65. The summed E-state index contributed by atoms with van der Waals surface area (Å²) >= 11 is 0. The fraction of sp³-hybridized carbons (Fsp3) is 0.500. The van der Waals surface area contributed by atoms with Gasteiger partial charge in [-0.2, -0.15) is 0 Å². The highest BCUT2D eigenvalue weighted by molar-refractivity contribution is 5.93. The maximum atomic E-state index is 12.0. The Labute approximate surface area is 109 Å². The van der Waals surface area contributed by atoms with Gasteiger partial charge in [0.05, 0.1) is 7.11 Å². The normalized spacial score (nSPS) is 10.5. The number of ether oxygens (including phenoxy) is 1. The second-order valence-electron chi connectivity index (χ2n) is 4.40. The number of rotatable bonds is 6. The third-order valence-corrected chi connectivity index (χ3v) is 2.76. The minimum absolute atomic E-state index is 0.141. The van der Waals surface area contributed by atoms with Gasteiger partial charge in [0.1, 0.15) is 5.75 Å². The lowest BCUT2D eigenvalue weighted by Crippen LogP contribution is -2.36. The molecule has 18 heavy (non-hydrogen) atoms. The van der Waals surface area contributed by atoms with Crippen molar-refractivity contribution in [3.63, 3.8) is 0 Å². The van der Waals surface area contributed by atoms with Crippen LogP contribution in [-0.4, -0.2) is 45.1 Å². The average Bonchev–Trinajstić information content (AvgIpc) is 2.39. The van der Waals surface area contributed by atoms with E-state index in [1.807, 2.05) is 50.2 Å². The number of likely N-dealkylation sites (N-methyl/N-ethyl adjacent to an activating group) is 1. The molecule has 0 heterocycles. The molecule has 4 nitrogen and oxygen atoms in total. The lowest BCUT2D eigenvalue weighted by atomic mass is 10.2. The van der Waals surface area contributed by atoms with E-state index in [9.17, 15) is 4.79 Å². The Kier molecular flexibility index (Phi) is 5.65. The summed E-state index contributed by atoms with van der Waals surface area (Å²) in [6.45, 7) is 3.43. The van der Waals surface area contributed by atoms with E-state index in [-0.39, 0.29) is 5.91 Å². The highest BCUT2D eigenvalue weighted by Crippen LogP contribution is 2.19. The molecule has 0 aromatic heterocycles. The van der Waals surface area contributed by atoms with Crippen molar-refractivity contribution in [2.24, 2.45) is 0 Å². The van der Waals surface area contributed by atoms with Gasteiger partial charge < -0.3 is 14.5 Å². The molecule has 0 unspecified atom stereocenters. The molecule has 0 aliphatic carbocycles. The largest absolute Gasteiger partial charge is 0.497 e. The molecule has 0 N–H and O–H groups in total. The molecule has 0 fully saturated rings. The van der Waals surface area contributed by atoms with Crippen LogP contribution in [0.2, 0.25) is 0 Å². The second kappa shape index (κ2) is 7.01. The van der Waals surface area contributed by atoms with Crippen LogP contribution in [0.3, 0.4) is 0 Å². The monoisotopic (exact) mass is 250 g/mol. The fourth-order valence-corrected chi connectivity index (χ4v) is 1.65. The van der Waals surface area contributed by atoms with Crippen molar-refractivity contribution in [2.45, 2.75) is 13.3 Å². The molecule has 1 amide bonds. The van der Waals surface area contributed by atoms with Crippen molar-refractivity contribution in [2.75, 3.05) is 39.2 Å². The summed E-state index contributed by atoms with van der Waals surface area (Å²) in [6, 6.07) is 7.59. The number of methoxy groups -OCH3 is 1. The van der Waals surface area contributed by atoms with Crippen molar-refractivity contribution in [3.05, 3.63) is 24.3 Å². The molecule has 0 bridgehead atoms. The molecule has 1 aromatic carbocycles. The zero-order valence-corrected chi connectivity index (χ0v) is 11.6. The third-order valence-electron chi connectivity index (χ3n) is 2.76. The molecule has 0 aliphatic rings. The second-order valence-corrected chi connectivity index (χ2v) is 4.40. The Hall–Kier alpha value is -1.55. The molecule has 0 radical (unpaired) electrons. The van der Waals surface area contributed by atoms with Crippen LogP contribution in [0, 0.1) is 0 Å². The topological polar surface area (TPSA) is 32.8 Å². The first-order chi connectivity index (χ1) is 8.58. The Morgan fingerprint density at radius 3 is 2.22 bits per heavy atom. The summed E-state index contributed by atoms with van der Waals surface area (Å²) in [6.07, 6.45) is 0.513. The number of hydrogen-bond acceptors (Lipinski definition) is 3. The summed E-state index contributed by atoms with van der Waals surface area (Å²) in [7, 11) is 5.64. The average molecular weight is 250 g/mol. The highest BCUT2D eigenvalue weighted by atomic mass is 16.5. The summed E-state index contributed by atoms with van der Waals surface area (Å²) < 4.78 is 5.12. The minimum atomic E-state index is 0.141. The van der Waals surface area contributed by atoms with Crippen molar-refractivity contribution in [3.8, 4) is 5.75 Å². The molecule has 0 saturated carbocycles. The quantitative estimate of drug-likeness (QED) is 0.774. The first-order valence-electron chi connectivity index (χ1n) is 6.17. The van der Waals surface area contributed by atoms with Gasteiger partial charge in [0.2, 0.25) is 5.91 Å². The zero-order chi connectivity index (χ0) is 13.5. The first kappa shape index (κ1) is 14.5. The lowest BCUT2D eigenvalue weighted by molar-refractivity contribution is -0.118. The van der Waals surface area contributed by atoms with Crippen LogP contribution in [0.5, 0.6) is 5.75 Å². The summed E-state index contributed by atoms with van der Waals surface area (Å²) in [5.74, 6) is 0.942. The van der Waals surface area contributed by atoms with Crippen LogP contribution < -0.4 is 9.64 Å². The Bertz CT molecular complexity index is 374. The van der Waals surface area contributed by atoms with E-state index in [0.29, 0.717) is 13.0 Å². The van der Waals surface area contributed by atoms with E-state index >= 15 is 0 Å². The van der Waals surface area contributed by atoms with Crippen LogP contribution in [0.15, 0.2) is 24.3 Å². The Morgan fingerprint density at radius 2 is 1.78 bits per heavy atom. The van der Waals surface area contributed by atoms with Gasteiger partial charge in [-0.1, -0.05) is 6.92 Å². The van der Waals surface area contributed by atoms with Gasteiger partial charge in [-0.05, 0) is 38.4 Å². The van der Waals surface area contributed by atoms with E-state index in [2.05, 4.69) is 4.90 Å². The van der Waals surface area contributed by atoms with E-state index in [1.165, 1.54) is 0 Å². The molecule has 0 aliphatic heterocycles. The predicted molar refractivity (Wildman–Crippen MR) is 74.2 cm³/mol. The number of carbonyl (C=O) groups excluding carboxylic acids is 1. The van der Waals surface area contributed by atoms with Gasteiger partial charge in [-0.3, -0.25) is 4.79 Å². The van der Waals surface area contributed by atoms with Crippen LogP contribution in [-0.2, 0) is 4.79 Å². The van der Waals surface area contributed by atoms with Gasteiger partial charge in [-0.15, -0.1) is 0 Å². The van der Waals surface area contributed by atoms with Crippen LogP contribution in [0.4, 0.5) is 5.69 Å². The van der Waals surface area contributed by atoms with Gasteiger partial charge in [0, 0.05) is 25.2 Å². The molecule has 100 valence electrons. The van der Waals surface area contributed by atoms with Crippen molar-refractivity contribution in [1.29, 1.82) is 0 Å². The minimum Gasteiger partial charge on any atom is -0.497 e. The number of hydrogen-bond donors (Lipinski definition) is 0. The lowest BCUT2D eigenvalue weighted by Gasteiger charge is -2.24. The van der Waals surface area contributed by atoms with Crippen molar-refractivity contribution < 1.29 is 9.53 Å². The standard InChI is InChI=1S/C14H22N2O2/c1-5-14(17)16(11-10-15(2)3)12-6-8-13(18-4)9-7-12/h6-9H,5,10-11H2,1-4H3. The van der Waals surface area contributed by atoms with Gasteiger partial charge in [0.15, 0.2) is 0 Å². The Morgan fingerprint density at radius 1 is 1.17 bits per heavy atom. The number of amides is 1. The third kappa shape index (κ3) is 4.04. The molecule has 1 rings (SSSR count). The molecular formula is C14H22N2O2. The molecule has 0 saturated heterocycles. The Balaban J connectivity index is 2.83. The molecule has 0 spiro atoms. The molecule has 0 atom stereocenters. The van der Waals surface area contributed by atoms with E-state index in [0.717, 1.165) is 18.0 Å². The van der Waals surface area contributed by atoms with Crippen LogP contribution in [0.25, 0.3) is 0 Å². The molecule has 1 aromatic rings. The SMILES string of the molecule is CCC(=O)N(CCN(C)C)c1ccc(OC)cc1. The number of anilines is 1. The predicted octanol–water partition coefficient (Wildman–Crippen LogP) is 2.00. The number of nitrogens with zero attached hydrogens (tertiary/aromatic N) is 2. The van der Waals surface area contributed by atoms with Crippen LogP contribution in [0.1, 0.15) is 13.3 Å². The number of benzene rings is 1. The maximum Gasteiger partial charge on any atom is 0.226 e. The number of carbonyl (C=O) groups is 1. The van der Waals surface area contributed by atoms with Crippen molar-refractivity contribution in [1.82, 2.24) is 4.90 Å². The van der Waals surface area contributed by atoms with Gasteiger partial charge in [0.25, 0.3) is 0 Å². The molecular weight excluding hydrogens is 228 g/mol. The van der Waals surface area contributed by atoms with Gasteiger partial charge >= 0.3 is 0 Å². The summed E-state index contributed by atoms with van der Waals surface area (Å²) in [4.78, 5) is 15.8. The van der Waals surface area contributed by atoms with E-state index in [4.69, 9.17) is 4.74 Å². The summed E-state index contributed by atoms with van der Waals surface area (Å²) in [5, 5.41) is 0. The van der Waals surface area contributed by atoms with E-state index < -0.39 is 0 Å². The van der Waals surface area contributed by atoms with Gasteiger partial charge in [-0.25, -0.2) is 0 Å². The van der Waals surface area contributed by atoms with Crippen LogP contribution >= 0.6 is 0 Å². The summed E-state index contributed by atoms with van der Waals surface area (Å²) in [5.41, 5.74) is 0.921. The van der Waals surface area contributed by atoms with E-state index in [1.54, 1.807) is 7.11 Å². The molecule has 4 heteroatoms. The first-order valence-corrected chi connectivity index (χ1v) is 6.17. The maximum absolute atomic E-state index is 12.0. The zero-order valence-electron chi connectivity index (χ0n) is 11.6. The highest BCUT2D eigenvalue weighted by Gasteiger charge is 2.13. The van der Waals surface area contributed by atoms with Crippen molar-refractivity contribution >= 4 is 11.6 Å².